The second-order valence-corrected chi connectivity index (χ2v) is 9.28. The summed E-state index contributed by atoms with van der Waals surface area (Å²) >= 11 is 5.65. The van der Waals surface area contributed by atoms with Crippen molar-refractivity contribution in [3.63, 3.8) is 0 Å². The highest BCUT2D eigenvalue weighted by molar-refractivity contribution is 6.71. The number of unbranched alkanes of at least 4 members (excludes halogenated alkanes) is 1. The van der Waals surface area contributed by atoms with E-state index in [0.717, 1.165) is 24.8 Å². The topological polar surface area (TPSA) is 9.23 Å². The lowest BCUT2D eigenvalue weighted by atomic mass is 10.1. The quantitative estimate of drug-likeness (QED) is 0.347. The van der Waals surface area contributed by atoms with E-state index >= 15 is 0 Å². The van der Waals surface area contributed by atoms with Gasteiger partial charge in [0.25, 0.3) is 0 Å². The Bertz CT molecular complexity index is 139. The van der Waals surface area contributed by atoms with Crippen molar-refractivity contribution in [1.29, 1.82) is 0 Å². The maximum atomic E-state index is 5.82. The lowest BCUT2D eigenvalue weighted by molar-refractivity contribution is 0.321. The van der Waals surface area contributed by atoms with E-state index in [2.05, 4.69) is 26.9 Å². The lowest BCUT2D eigenvalue weighted by Gasteiger charge is -2.25. The first-order valence-electron chi connectivity index (χ1n) is 5.71. The van der Waals surface area contributed by atoms with Gasteiger partial charge >= 0.3 is 0 Å². The largest absolute Gasteiger partial charge is 0.418 e. The molecule has 0 aromatic rings. The first-order chi connectivity index (χ1) is 6.52. The number of alkyl halides is 1. The maximum absolute atomic E-state index is 5.82. The predicted octanol–water partition coefficient (Wildman–Crippen LogP) is 4.27. The summed E-state index contributed by atoms with van der Waals surface area (Å²) in [4.78, 5) is 0. The summed E-state index contributed by atoms with van der Waals surface area (Å²) in [6, 6.07) is 1.28. The van der Waals surface area contributed by atoms with E-state index in [0.29, 0.717) is 0 Å². The molecule has 0 rings (SSSR count). The number of halogens is 1. The van der Waals surface area contributed by atoms with Crippen molar-refractivity contribution in [2.75, 3.05) is 12.5 Å². The molecule has 0 aliphatic carbocycles. The molecule has 86 valence electrons. The molecule has 0 aromatic heterocycles. The molecule has 0 aliphatic heterocycles. The third-order valence-corrected chi connectivity index (χ3v) is 5.47. The zero-order valence-electron chi connectivity index (χ0n) is 10.1. The summed E-state index contributed by atoms with van der Waals surface area (Å²) in [6.45, 7) is 9.92. The van der Waals surface area contributed by atoms with E-state index in [9.17, 15) is 0 Å². The lowest BCUT2D eigenvalue weighted by Crippen LogP contribution is -2.32. The highest BCUT2D eigenvalue weighted by Crippen LogP contribution is 2.22. The van der Waals surface area contributed by atoms with Crippen LogP contribution < -0.4 is 0 Å². The van der Waals surface area contributed by atoms with Gasteiger partial charge in [0, 0.05) is 12.5 Å². The minimum absolute atomic E-state index is 0.798. The van der Waals surface area contributed by atoms with Crippen molar-refractivity contribution in [1.82, 2.24) is 0 Å². The van der Waals surface area contributed by atoms with Crippen LogP contribution in [0.1, 0.15) is 33.1 Å². The Morgan fingerprint density at radius 1 is 1.29 bits per heavy atom. The molecule has 1 atom stereocenters. The molecule has 0 saturated carbocycles. The Balaban J connectivity index is 3.63. The highest BCUT2D eigenvalue weighted by atomic mass is 35.5. The zero-order valence-corrected chi connectivity index (χ0v) is 11.9. The van der Waals surface area contributed by atoms with Gasteiger partial charge in [0.2, 0.25) is 0 Å². The molecule has 0 fully saturated rings. The van der Waals surface area contributed by atoms with E-state index in [4.69, 9.17) is 16.0 Å². The minimum Gasteiger partial charge on any atom is -0.418 e. The van der Waals surface area contributed by atoms with Crippen molar-refractivity contribution in [3.05, 3.63) is 0 Å². The van der Waals surface area contributed by atoms with Gasteiger partial charge in [0.05, 0.1) is 0 Å². The van der Waals surface area contributed by atoms with Gasteiger partial charge in [-0.15, -0.1) is 11.6 Å². The summed E-state index contributed by atoms with van der Waals surface area (Å²) in [5.41, 5.74) is 0. The van der Waals surface area contributed by atoms with Gasteiger partial charge in [-0.1, -0.05) is 19.8 Å². The standard InChI is InChI=1S/C11H25ClOSi/c1-5-13-14(3,4)10-11(2)8-6-7-9-12/h11H,5-10H2,1-4H3. The molecule has 0 heterocycles. The molecule has 1 unspecified atom stereocenters. The Hall–Kier alpha value is 0.467. The first-order valence-corrected chi connectivity index (χ1v) is 9.36. The second kappa shape index (κ2) is 7.72. The smallest absolute Gasteiger partial charge is 0.186 e. The molecule has 0 aliphatic rings. The second-order valence-electron chi connectivity index (χ2n) is 4.69. The molecule has 0 amide bonds. The summed E-state index contributed by atoms with van der Waals surface area (Å²) in [6.07, 6.45) is 3.72. The zero-order chi connectivity index (χ0) is 11.0. The monoisotopic (exact) mass is 236 g/mol. The normalized spacial score (nSPS) is 14.4. The average Bonchev–Trinajstić information content (AvgIpc) is 2.03. The predicted molar refractivity (Wildman–Crippen MR) is 67.7 cm³/mol. The molecule has 14 heavy (non-hydrogen) atoms. The van der Waals surface area contributed by atoms with Gasteiger partial charge in [-0.25, -0.2) is 0 Å². The Morgan fingerprint density at radius 3 is 2.43 bits per heavy atom. The number of hydrogen-bond acceptors (Lipinski definition) is 1. The van der Waals surface area contributed by atoms with Gasteiger partial charge in [-0.05, 0) is 38.4 Å². The fourth-order valence-electron chi connectivity index (χ4n) is 1.98. The van der Waals surface area contributed by atoms with Crippen molar-refractivity contribution < 1.29 is 4.43 Å². The van der Waals surface area contributed by atoms with E-state index in [1.807, 2.05) is 0 Å². The molecule has 3 heteroatoms. The van der Waals surface area contributed by atoms with E-state index in [1.54, 1.807) is 0 Å². The summed E-state index contributed by atoms with van der Waals surface area (Å²) < 4.78 is 5.82. The van der Waals surface area contributed by atoms with Crippen LogP contribution in [0.5, 0.6) is 0 Å². The van der Waals surface area contributed by atoms with E-state index < -0.39 is 8.32 Å². The molecule has 0 bridgehead atoms. The maximum Gasteiger partial charge on any atom is 0.186 e. The molecule has 0 aromatic carbocycles. The fourth-order valence-corrected chi connectivity index (χ4v) is 4.95. The molecular formula is C11H25ClOSi. The average molecular weight is 237 g/mol. The molecule has 1 nitrogen and oxygen atoms in total. The Morgan fingerprint density at radius 2 is 1.93 bits per heavy atom. The van der Waals surface area contributed by atoms with Crippen LogP contribution in [0.2, 0.25) is 19.1 Å². The van der Waals surface area contributed by atoms with Gasteiger partial charge < -0.3 is 4.43 Å². The first kappa shape index (κ1) is 14.5. The minimum atomic E-state index is -1.36. The summed E-state index contributed by atoms with van der Waals surface area (Å²) in [7, 11) is -1.36. The van der Waals surface area contributed by atoms with Crippen LogP contribution in [0.4, 0.5) is 0 Å². The third-order valence-electron chi connectivity index (χ3n) is 2.46. The molecule has 0 saturated heterocycles. The molecule has 0 radical (unpaired) electrons. The third kappa shape index (κ3) is 7.83. The van der Waals surface area contributed by atoms with Gasteiger partial charge in [-0.3, -0.25) is 0 Å². The van der Waals surface area contributed by atoms with Crippen LogP contribution in [-0.2, 0) is 4.43 Å². The van der Waals surface area contributed by atoms with Crippen molar-refractivity contribution >= 4 is 19.9 Å². The summed E-state index contributed by atoms with van der Waals surface area (Å²) in [5.74, 6) is 1.60. The molecule has 0 spiro atoms. The Kier molecular flexibility index (Phi) is 7.98. The van der Waals surface area contributed by atoms with E-state index in [1.165, 1.54) is 18.9 Å². The van der Waals surface area contributed by atoms with Crippen LogP contribution in [0.3, 0.4) is 0 Å². The van der Waals surface area contributed by atoms with Crippen LogP contribution in [-0.4, -0.2) is 20.8 Å². The van der Waals surface area contributed by atoms with Gasteiger partial charge in [-0.2, -0.15) is 0 Å². The Labute approximate surface area is 95.3 Å². The highest BCUT2D eigenvalue weighted by Gasteiger charge is 2.24. The summed E-state index contributed by atoms with van der Waals surface area (Å²) in [5, 5.41) is 0. The number of rotatable bonds is 8. The van der Waals surface area contributed by atoms with Gasteiger partial charge in [0.15, 0.2) is 8.32 Å². The van der Waals surface area contributed by atoms with Crippen molar-refractivity contribution in [2.24, 2.45) is 5.92 Å². The van der Waals surface area contributed by atoms with Crippen molar-refractivity contribution in [2.45, 2.75) is 52.2 Å². The SMILES string of the molecule is CCO[Si](C)(C)CC(C)CCCCCl. The molecule has 0 N–H and O–H groups in total. The van der Waals surface area contributed by atoms with E-state index in [-0.39, 0.29) is 0 Å². The van der Waals surface area contributed by atoms with Crippen LogP contribution in [0, 0.1) is 5.92 Å². The van der Waals surface area contributed by atoms with Crippen molar-refractivity contribution in [3.8, 4) is 0 Å². The van der Waals surface area contributed by atoms with Crippen LogP contribution in [0.15, 0.2) is 0 Å². The molecular weight excluding hydrogens is 212 g/mol. The van der Waals surface area contributed by atoms with Gasteiger partial charge in [0.1, 0.15) is 0 Å². The number of hydrogen-bond donors (Lipinski definition) is 0. The van der Waals surface area contributed by atoms with Crippen LogP contribution in [0.25, 0.3) is 0 Å². The fraction of sp³-hybridized carbons (Fsp3) is 1.00. The van der Waals surface area contributed by atoms with Crippen LogP contribution >= 0.6 is 11.6 Å².